The molecule has 2 aliphatic rings. The van der Waals surface area contributed by atoms with Gasteiger partial charge in [0, 0.05) is 4.88 Å². The van der Waals surface area contributed by atoms with Crippen LogP contribution in [0, 0.1) is 0 Å². The number of piperidine rings is 1. The molecular formula is C17H24N3OS+. The van der Waals surface area contributed by atoms with Gasteiger partial charge in [0.1, 0.15) is 11.4 Å². The molecule has 0 bridgehead atoms. The van der Waals surface area contributed by atoms with Crippen molar-refractivity contribution in [3.8, 4) is 0 Å². The van der Waals surface area contributed by atoms with E-state index in [-0.39, 0.29) is 5.56 Å². The summed E-state index contributed by atoms with van der Waals surface area (Å²) in [6.07, 6.45) is 8.54. The molecule has 0 saturated carbocycles. The highest BCUT2D eigenvalue weighted by Gasteiger charge is 2.24. The molecule has 3 heterocycles. The maximum atomic E-state index is 12.6. The summed E-state index contributed by atoms with van der Waals surface area (Å²) in [5.41, 5.74) is 1.37. The van der Waals surface area contributed by atoms with E-state index >= 15 is 0 Å². The van der Waals surface area contributed by atoms with Crippen LogP contribution in [0.5, 0.6) is 0 Å². The van der Waals surface area contributed by atoms with Crippen molar-refractivity contribution in [2.24, 2.45) is 0 Å². The number of thiophene rings is 1. The lowest BCUT2D eigenvalue weighted by molar-refractivity contribution is -0.942. The first-order valence-electron chi connectivity index (χ1n) is 8.60. The molecule has 1 fully saturated rings. The Morgan fingerprint density at radius 1 is 1.27 bits per heavy atom. The number of fused-ring (bicyclic) bond motifs is 3. The highest BCUT2D eigenvalue weighted by atomic mass is 32.1. The number of hydrogen-bond donors (Lipinski definition) is 2. The average molecular weight is 318 g/mol. The summed E-state index contributed by atoms with van der Waals surface area (Å²) in [6, 6.07) is 0.672. The van der Waals surface area contributed by atoms with Gasteiger partial charge in [-0.15, -0.1) is 11.3 Å². The summed E-state index contributed by atoms with van der Waals surface area (Å²) in [4.78, 5) is 24.4. The molecule has 1 saturated heterocycles. The summed E-state index contributed by atoms with van der Waals surface area (Å²) < 4.78 is 0. The Morgan fingerprint density at radius 3 is 3.00 bits per heavy atom. The molecular weight excluding hydrogens is 294 g/mol. The Bertz CT molecular complexity index is 748. The summed E-state index contributed by atoms with van der Waals surface area (Å²) in [6.45, 7) is 4.37. The molecule has 1 unspecified atom stereocenters. The van der Waals surface area contributed by atoms with Crippen LogP contribution in [0.15, 0.2) is 4.79 Å². The monoisotopic (exact) mass is 318 g/mol. The number of hydrogen-bond acceptors (Lipinski definition) is 3. The second-order valence-electron chi connectivity index (χ2n) is 6.89. The molecule has 2 aromatic rings. The number of nitrogens with one attached hydrogen (secondary N) is 2. The van der Waals surface area contributed by atoms with Gasteiger partial charge in [0.05, 0.1) is 18.0 Å². The minimum atomic E-state index is 0.0865. The first-order chi connectivity index (χ1) is 10.7. The highest BCUT2D eigenvalue weighted by molar-refractivity contribution is 7.18. The molecule has 4 rings (SSSR count). The van der Waals surface area contributed by atoms with E-state index in [1.165, 1.54) is 49.1 Å². The lowest BCUT2D eigenvalue weighted by atomic mass is 9.97. The summed E-state index contributed by atoms with van der Waals surface area (Å²) in [7, 11) is 0. The molecule has 2 aromatic heterocycles. The Balaban J connectivity index is 1.69. The zero-order valence-electron chi connectivity index (χ0n) is 13.2. The number of aromatic nitrogens is 2. The Morgan fingerprint density at radius 2 is 2.14 bits per heavy atom. The van der Waals surface area contributed by atoms with E-state index in [0.717, 1.165) is 35.4 Å². The predicted molar refractivity (Wildman–Crippen MR) is 89.7 cm³/mol. The average Bonchev–Trinajstić information content (AvgIpc) is 2.88. The Labute approximate surface area is 134 Å². The lowest BCUT2D eigenvalue weighted by Gasteiger charge is -2.29. The van der Waals surface area contributed by atoms with Gasteiger partial charge in [-0.05, 0) is 57.4 Å². The largest absolute Gasteiger partial charge is 0.326 e. The number of H-pyrrole nitrogens is 1. The van der Waals surface area contributed by atoms with E-state index in [0.29, 0.717) is 6.04 Å². The molecule has 2 atom stereocenters. The lowest BCUT2D eigenvalue weighted by Crippen LogP contribution is -3.15. The van der Waals surface area contributed by atoms with E-state index < -0.39 is 0 Å². The van der Waals surface area contributed by atoms with Crippen molar-refractivity contribution in [3.63, 3.8) is 0 Å². The fourth-order valence-electron chi connectivity index (χ4n) is 4.02. The van der Waals surface area contributed by atoms with Crippen LogP contribution in [0.4, 0.5) is 0 Å². The molecule has 1 aliphatic heterocycles. The van der Waals surface area contributed by atoms with Crippen LogP contribution in [0.1, 0.15) is 55.3 Å². The predicted octanol–water partition coefficient (Wildman–Crippen LogP) is 1.82. The van der Waals surface area contributed by atoms with Crippen LogP contribution in [-0.2, 0) is 19.4 Å². The first kappa shape index (κ1) is 14.4. The summed E-state index contributed by atoms with van der Waals surface area (Å²) >= 11 is 1.75. The number of aromatic amines is 1. The van der Waals surface area contributed by atoms with Crippen molar-refractivity contribution in [2.45, 2.75) is 64.5 Å². The molecule has 22 heavy (non-hydrogen) atoms. The second-order valence-corrected chi connectivity index (χ2v) is 7.97. The second kappa shape index (κ2) is 5.78. The van der Waals surface area contributed by atoms with Crippen molar-refractivity contribution < 1.29 is 4.90 Å². The van der Waals surface area contributed by atoms with Gasteiger partial charge in [-0.1, -0.05) is 0 Å². The zero-order chi connectivity index (χ0) is 15.1. The molecule has 5 heteroatoms. The third-order valence-electron chi connectivity index (χ3n) is 5.35. The third kappa shape index (κ3) is 2.50. The third-order valence-corrected chi connectivity index (χ3v) is 6.54. The molecule has 0 amide bonds. The van der Waals surface area contributed by atoms with Gasteiger partial charge in [0.15, 0.2) is 5.82 Å². The highest BCUT2D eigenvalue weighted by Crippen LogP contribution is 2.33. The summed E-state index contributed by atoms with van der Waals surface area (Å²) in [5, 5.41) is 0.880. The molecule has 2 N–H and O–H groups in total. The van der Waals surface area contributed by atoms with Gasteiger partial charge in [0.2, 0.25) is 0 Å². The van der Waals surface area contributed by atoms with E-state index in [1.54, 1.807) is 16.2 Å². The van der Waals surface area contributed by atoms with E-state index in [4.69, 9.17) is 4.98 Å². The van der Waals surface area contributed by atoms with E-state index in [9.17, 15) is 4.79 Å². The molecule has 0 radical (unpaired) electrons. The minimum absolute atomic E-state index is 0.0865. The first-order valence-corrected chi connectivity index (χ1v) is 9.42. The van der Waals surface area contributed by atoms with Crippen LogP contribution in [0.25, 0.3) is 10.2 Å². The number of quaternary nitrogens is 1. The molecule has 0 spiro atoms. The summed E-state index contributed by atoms with van der Waals surface area (Å²) in [5.74, 6) is 0.875. The topological polar surface area (TPSA) is 50.2 Å². The normalized spacial score (nSPS) is 25.3. The zero-order valence-corrected chi connectivity index (χ0v) is 14.0. The van der Waals surface area contributed by atoms with Gasteiger partial charge >= 0.3 is 0 Å². The molecule has 1 aliphatic carbocycles. The minimum Gasteiger partial charge on any atom is -0.326 e. The molecule has 0 aromatic carbocycles. The van der Waals surface area contributed by atoms with Crippen molar-refractivity contribution >= 4 is 21.6 Å². The molecule has 4 nitrogen and oxygen atoms in total. The van der Waals surface area contributed by atoms with Gasteiger partial charge in [-0.2, -0.15) is 0 Å². The fraction of sp³-hybridized carbons (Fsp3) is 0.647. The fourth-order valence-corrected chi connectivity index (χ4v) is 5.30. The van der Waals surface area contributed by atoms with E-state index in [1.807, 2.05) is 0 Å². The van der Waals surface area contributed by atoms with Gasteiger partial charge in [-0.3, -0.25) is 4.79 Å². The maximum Gasteiger partial charge on any atom is 0.260 e. The number of aryl methyl sites for hydroxylation is 2. The number of rotatable bonds is 2. The quantitative estimate of drug-likeness (QED) is 0.887. The van der Waals surface area contributed by atoms with Crippen LogP contribution in [0.2, 0.25) is 0 Å². The maximum absolute atomic E-state index is 12.6. The van der Waals surface area contributed by atoms with Crippen LogP contribution in [-0.4, -0.2) is 22.6 Å². The van der Waals surface area contributed by atoms with Crippen molar-refractivity contribution in [1.82, 2.24) is 9.97 Å². The smallest absolute Gasteiger partial charge is 0.260 e. The van der Waals surface area contributed by atoms with Gasteiger partial charge in [-0.25, -0.2) is 4.98 Å². The van der Waals surface area contributed by atoms with Crippen LogP contribution in [0.3, 0.4) is 0 Å². The van der Waals surface area contributed by atoms with Crippen molar-refractivity contribution in [2.75, 3.05) is 6.54 Å². The van der Waals surface area contributed by atoms with Crippen LogP contribution >= 0.6 is 11.3 Å². The Kier molecular flexibility index (Phi) is 3.78. The van der Waals surface area contributed by atoms with E-state index in [2.05, 4.69) is 11.9 Å². The Hall–Kier alpha value is -1.20. The van der Waals surface area contributed by atoms with Crippen LogP contribution < -0.4 is 10.5 Å². The SMILES string of the molecule is C[C@@H]1CCCC[NH+]1Cc1nc2sc3c(c2c(=O)[nH]1)CCCC3. The number of likely N-dealkylation sites (tertiary alicyclic amines) is 1. The van der Waals surface area contributed by atoms with Crippen molar-refractivity contribution in [3.05, 3.63) is 26.6 Å². The van der Waals surface area contributed by atoms with Crippen molar-refractivity contribution in [1.29, 1.82) is 0 Å². The van der Waals surface area contributed by atoms with Gasteiger partial charge < -0.3 is 9.88 Å². The van der Waals surface area contributed by atoms with Gasteiger partial charge in [0.25, 0.3) is 5.56 Å². The standard InChI is InChI=1S/C17H23N3OS/c1-11-6-4-5-9-20(11)10-14-18-16(21)15-12-7-2-3-8-13(12)22-17(15)19-14/h11H,2-10H2,1H3,(H,18,19,21)/p+1/t11-/m1/s1. The molecule has 118 valence electrons. The number of nitrogens with zero attached hydrogens (tertiary/aromatic N) is 1.